The molecule has 1 saturated heterocycles. The van der Waals surface area contributed by atoms with E-state index in [0.29, 0.717) is 52.0 Å². The lowest BCUT2D eigenvalue weighted by molar-refractivity contribution is -0.150. The number of aliphatic hydroxyl groups excluding tert-OH is 1. The van der Waals surface area contributed by atoms with Gasteiger partial charge in [0.1, 0.15) is 17.2 Å². The summed E-state index contributed by atoms with van der Waals surface area (Å²) in [6, 6.07) is 45.9. The van der Waals surface area contributed by atoms with E-state index in [1.807, 2.05) is 121 Å². The third kappa shape index (κ3) is 7.75. The summed E-state index contributed by atoms with van der Waals surface area (Å²) in [6.07, 6.45) is -0.632. The molecule has 12 heteroatoms. The van der Waals surface area contributed by atoms with Gasteiger partial charge < -0.3 is 33.9 Å². The number of rotatable bonds is 13. The SMILES string of the molecule is COc1ccc([Si](C)(C)[C@H]2[C@H](CC(=O)N(CCO)Cc3ccccc3)O[C@@]3(C(=O)N(Cc4cccc(N5C(=O)c6ccccc6Oc6ccccc65)c4)c4ccc(OC)cc43)[C@@H]2C)cc1. The second-order valence-electron chi connectivity index (χ2n) is 17.5. The molecule has 1 spiro atoms. The van der Waals surface area contributed by atoms with Crippen LogP contribution < -0.4 is 29.2 Å². The number of hydrogen-bond acceptors (Lipinski definition) is 8. The fraction of sp³-hybridized carbons (Fsp3) is 0.264. The Kier molecular flexibility index (Phi) is 11.8. The number of methoxy groups -OCH3 is 2. The van der Waals surface area contributed by atoms with Crippen molar-refractivity contribution >= 4 is 48.0 Å². The molecule has 6 aromatic rings. The molecule has 332 valence electrons. The fourth-order valence-electron chi connectivity index (χ4n) is 10.3. The quantitative estimate of drug-likeness (QED) is 0.114. The van der Waals surface area contributed by atoms with Crippen LogP contribution in [0.5, 0.6) is 23.0 Å². The maximum Gasteiger partial charge on any atom is 0.266 e. The molecule has 6 aromatic carbocycles. The summed E-state index contributed by atoms with van der Waals surface area (Å²) >= 11 is 0. The molecule has 1 fully saturated rings. The van der Waals surface area contributed by atoms with E-state index in [0.717, 1.165) is 22.1 Å². The number of para-hydroxylation sites is 3. The number of nitrogens with zero attached hydrogens (tertiary/aromatic N) is 3. The van der Waals surface area contributed by atoms with Crippen molar-refractivity contribution in [2.24, 2.45) is 5.92 Å². The topological polar surface area (TPSA) is 118 Å². The molecular formula is C53H53N3O8Si. The van der Waals surface area contributed by atoms with E-state index in [1.165, 1.54) is 0 Å². The van der Waals surface area contributed by atoms with E-state index in [4.69, 9.17) is 18.9 Å². The zero-order valence-electron chi connectivity index (χ0n) is 37.3. The van der Waals surface area contributed by atoms with Crippen molar-refractivity contribution in [2.45, 2.75) is 56.8 Å². The maximum absolute atomic E-state index is 15.7. The van der Waals surface area contributed by atoms with E-state index in [-0.39, 0.29) is 55.3 Å². The third-order valence-electron chi connectivity index (χ3n) is 13.5. The summed E-state index contributed by atoms with van der Waals surface area (Å²) in [6.45, 7) is 7.13. The van der Waals surface area contributed by atoms with Gasteiger partial charge in [0, 0.05) is 30.3 Å². The van der Waals surface area contributed by atoms with Gasteiger partial charge in [-0.05, 0) is 83.4 Å². The highest BCUT2D eigenvalue weighted by Crippen LogP contribution is 2.60. The smallest absolute Gasteiger partial charge is 0.266 e. The van der Waals surface area contributed by atoms with E-state index < -0.39 is 19.8 Å². The largest absolute Gasteiger partial charge is 0.497 e. The van der Waals surface area contributed by atoms with Crippen molar-refractivity contribution < 1.29 is 38.4 Å². The summed E-state index contributed by atoms with van der Waals surface area (Å²) in [7, 11) is 0.639. The Morgan fingerprint density at radius 2 is 1.45 bits per heavy atom. The molecular weight excluding hydrogens is 835 g/mol. The van der Waals surface area contributed by atoms with Gasteiger partial charge in [-0.3, -0.25) is 19.3 Å². The lowest BCUT2D eigenvalue weighted by atomic mass is 9.82. The van der Waals surface area contributed by atoms with Crippen molar-refractivity contribution in [2.75, 3.05) is 37.2 Å². The van der Waals surface area contributed by atoms with Gasteiger partial charge in [0.25, 0.3) is 11.8 Å². The second kappa shape index (κ2) is 17.7. The molecule has 0 bridgehead atoms. The molecule has 0 saturated carbocycles. The van der Waals surface area contributed by atoms with Gasteiger partial charge in [0.05, 0.1) is 64.9 Å². The average molecular weight is 888 g/mol. The van der Waals surface area contributed by atoms with Crippen molar-refractivity contribution in [1.82, 2.24) is 4.90 Å². The first-order chi connectivity index (χ1) is 31.5. The first-order valence-electron chi connectivity index (χ1n) is 22.0. The number of anilines is 3. The summed E-state index contributed by atoms with van der Waals surface area (Å²) in [5.41, 5.74) is 3.10. The van der Waals surface area contributed by atoms with Gasteiger partial charge in [-0.15, -0.1) is 0 Å². The number of benzene rings is 6. The molecule has 1 N–H and O–H groups in total. The van der Waals surface area contributed by atoms with Gasteiger partial charge in [0.15, 0.2) is 11.4 Å². The molecule has 4 atom stereocenters. The first-order valence-corrected chi connectivity index (χ1v) is 25.1. The Bertz CT molecular complexity index is 2750. The Morgan fingerprint density at radius 3 is 2.18 bits per heavy atom. The number of ether oxygens (including phenoxy) is 4. The molecule has 3 heterocycles. The third-order valence-corrected chi connectivity index (χ3v) is 17.9. The van der Waals surface area contributed by atoms with Gasteiger partial charge in [-0.2, -0.15) is 0 Å². The highest BCUT2D eigenvalue weighted by molar-refractivity contribution is 6.91. The molecule has 0 unspecified atom stereocenters. The van der Waals surface area contributed by atoms with Crippen LogP contribution in [0.1, 0.15) is 40.4 Å². The van der Waals surface area contributed by atoms with Crippen LogP contribution in [-0.2, 0) is 33.0 Å². The second-order valence-corrected chi connectivity index (χ2v) is 22.2. The number of carbonyl (C=O) groups is 3. The van der Waals surface area contributed by atoms with Gasteiger partial charge in [-0.1, -0.05) is 104 Å². The molecule has 0 aromatic heterocycles. The first kappa shape index (κ1) is 43.5. The summed E-state index contributed by atoms with van der Waals surface area (Å²) in [5, 5.41) is 11.3. The minimum atomic E-state index is -2.61. The molecule has 65 heavy (non-hydrogen) atoms. The van der Waals surface area contributed by atoms with Crippen LogP contribution in [0, 0.1) is 5.92 Å². The Morgan fingerprint density at radius 1 is 0.769 bits per heavy atom. The van der Waals surface area contributed by atoms with Crippen molar-refractivity contribution in [3.05, 3.63) is 168 Å². The Labute approximate surface area is 380 Å². The molecule has 0 aliphatic carbocycles. The van der Waals surface area contributed by atoms with E-state index in [9.17, 15) is 14.7 Å². The van der Waals surface area contributed by atoms with Crippen LogP contribution in [0.15, 0.2) is 146 Å². The number of carbonyl (C=O) groups excluding carboxylic acids is 3. The van der Waals surface area contributed by atoms with E-state index in [2.05, 4.69) is 32.2 Å². The summed E-state index contributed by atoms with van der Waals surface area (Å²) in [5.74, 6) is 1.34. The predicted octanol–water partition coefficient (Wildman–Crippen LogP) is 8.96. The zero-order chi connectivity index (χ0) is 45.5. The normalized spacial score (nSPS) is 19.9. The van der Waals surface area contributed by atoms with Crippen LogP contribution in [0.2, 0.25) is 18.6 Å². The standard InChI is InChI=1S/C53H53N3O8Si/c1-35-50(65(4,5)41-25-22-39(61-2)23-26-41)48(32-49(58)54(28-29-57)33-36-14-7-6-8-15-36)64-53(35)43-31-40(62-3)24-27-44(43)55(52(53)60)34-37-16-13-17-38(30-37)56-45-19-10-12-21-47(45)63-46-20-11-9-18-42(46)51(56)59/h6-27,30-31,35,48,50,57H,28-29,32-34H2,1-5H3/t35-,48+,50-,53+/m1/s1. The Hall–Kier alpha value is -6.73. The fourth-order valence-corrected chi connectivity index (χ4v) is 14.3. The Balaban J connectivity index is 1.11. The molecule has 3 aliphatic rings. The van der Waals surface area contributed by atoms with Gasteiger partial charge in [-0.25, -0.2) is 0 Å². The number of aliphatic hydroxyl groups is 1. The lowest BCUT2D eigenvalue weighted by Crippen LogP contribution is -2.52. The van der Waals surface area contributed by atoms with Crippen LogP contribution in [-0.4, -0.2) is 69.3 Å². The number of amides is 3. The van der Waals surface area contributed by atoms with Crippen molar-refractivity contribution in [3.63, 3.8) is 0 Å². The molecule has 9 rings (SSSR count). The summed E-state index contributed by atoms with van der Waals surface area (Å²) in [4.78, 5) is 49.8. The maximum atomic E-state index is 15.7. The van der Waals surface area contributed by atoms with E-state index >= 15 is 4.79 Å². The van der Waals surface area contributed by atoms with Crippen LogP contribution in [0.25, 0.3) is 0 Å². The highest BCUT2D eigenvalue weighted by atomic mass is 28.3. The number of hydrogen-bond donors (Lipinski definition) is 1. The van der Waals surface area contributed by atoms with Crippen molar-refractivity contribution in [1.29, 1.82) is 0 Å². The molecule has 3 amide bonds. The highest BCUT2D eigenvalue weighted by Gasteiger charge is 2.66. The molecule has 0 radical (unpaired) electrons. The zero-order valence-corrected chi connectivity index (χ0v) is 38.3. The lowest BCUT2D eigenvalue weighted by Gasteiger charge is -2.37. The van der Waals surface area contributed by atoms with E-state index in [1.54, 1.807) is 41.1 Å². The van der Waals surface area contributed by atoms with Crippen LogP contribution >= 0.6 is 0 Å². The van der Waals surface area contributed by atoms with Crippen LogP contribution in [0.4, 0.5) is 17.1 Å². The molecule has 3 aliphatic heterocycles. The van der Waals surface area contributed by atoms with Gasteiger partial charge >= 0.3 is 0 Å². The van der Waals surface area contributed by atoms with Crippen LogP contribution in [0.3, 0.4) is 0 Å². The monoisotopic (exact) mass is 887 g/mol. The minimum absolute atomic E-state index is 0.0168. The predicted molar refractivity (Wildman–Crippen MR) is 253 cm³/mol. The van der Waals surface area contributed by atoms with Crippen molar-refractivity contribution in [3.8, 4) is 23.0 Å². The minimum Gasteiger partial charge on any atom is -0.497 e. The average Bonchev–Trinajstić information content (AvgIpc) is 3.69. The van der Waals surface area contributed by atoms with Gasteiger partial charge in [0.2, 0.25) is 5.91 Å². The summed E-state index contributed by atoms with van der Waals surface area (Å²) < 4.78 is 24.9. The number of fused-ring (bicyclic) bond motifs is 4. The molecule has 11 nitrogen and oxygen atoms in total.